The molecule has 68 valence electrons. The van der Waals surface area contributed by atoms with E-state index in [1.165, 1.54) is 11.3 Å². The summed E-state index contributed by atoms with van der Waals surface area (Å²) >= 11 is 5.76. The van der Waals surface area contributed by atoms with Crippen LogP contribution in [0.4, 0.5) is 0 Å². The molecule has 2 nitrogen and oxygen atoms in total. The molecule has 0 fully saturated rings. The summed E-state index contributed by atoms with van der Waals surface area (Å²) in [6, 6.07) is 3.45. The average Bonchev–Trinajstić information content (AvgIpc) is 2.60. The lowest BCUT2D eigenvalue weighted by Crippen LogP contribution is -1.85. The number of hydrogen-bond donors (Lipinski definition) is 3. The van der Waals surface area contributed by atoms with Crippen LogP contribution in [0.5, 0.6) is 5.75 Å². The SMILES string of the molecule is OCc1cc(O)c2sccc2c1S. The fourth-order valence-corrected chi connectivity index (χ4v) is 2.50. The molecule has 2 N–H and O–H groups in total. The van der Waals surface area contributed by atoms with Gasteiger partial charge in [0, 0.05) is 10.3 Å². The highest BCUT2D eigenvalue weighted by molar-refractivity contribution is 7.80. The summed E-state index contributed by atoms with van der Waals surface area (Å²) in [4.78, 5) is 0.747. The predicted octanol–water partition coefficient (Wildman–Crippen LogP) is 2.39. The van der Waals surface area contributed by atoms with Gasteiger partial charge in [0.05, 0.1) is 11.3 Å². The normalized spacial score (nSPS) is 10.9. The Bertz CT molecular complexity index is 448. The Morgan fingerprint density at radius 2 is 2.23 bits per heavy atom. The number of thiol groups is 1. The highest BCUT2D eigenvalue weighted by Crippen LogP contribution is 2.36. The van der Waals surface area contributed by atoms with Crippen LogP contribution in [0.1, 0.15) is 5.56 Å². The van der Waals surface area contributed by atoms with Crippen molar-refractivity contribution in [2.24, 2.45) is 0 Å². The molecular weight excluding hydrogens is 204 g/mol. The van der Waals surface area contributed by atoms with Gasteiger partial charge in [0.25, 0.3) is 0 Å². The number of hydrogen-bond acceptors (Lipinski definition) is 4. The molecule has 0 amide bonds. The van der Waals surface area contributed by atoms with Gasteiger partial charge in [-0.25, -0.2) is 0 Å². The van der Waals surface area contributed by atoms with Crippen LogP contribution in [0.25, 0.3) is 10.1 Å². The predicted molar refractivity (Wildman–Crippen MR) is 56.7 cm³/mol. The number of aromatic hydroxyl groups is 1. The maximum Gasteiger partial charge on any atom is 0.133 e. The van der Waals surface area contributed by atoms with Gasteiger partial charge in [0.2, 0.25) is 0 Å². The van der Waals surface area contributed by atoms with Gasteiger partial charge < -0.3 is 10.2 Å². The Morgan fingerprint density at radius 1 is 1.46 bits per heavy atom. The van der Waals surface area contributed by atoms with Gasteiger partial charge in [0.15, 0.2) is 0 Å². The molecule has 0 aliphatic rings. The summed E-state index contributed by atoms with van der Waals surface area (Å²) in [7, 11) is 0. The van der Waals surface area contributed by atoms with Crippen molar-refractivity contribution in [3.8, 4) is 5.75 Å². The minimum atomic E-state index is -0.0990. The zero-order chi connectivity index (χ0) is 9.42. The zero-order valence-corrected chi connectivity index (χ0v) is 8.40. The first-order valence-corrected chi connectivity index (χ1v) is 5.08. The third-order valence-electron chi connectivity index (χ3n) is 1.94. The largest absolute Gasteiger partial charge is 0.506 e. The molecular formula is C9H8O2S2. The molecule has 0 saturated carbocycles. The molecule has 13 heavy (non-hydrogen) atoms. The van der Waals surface area contributed by atoms with E-state index in [2.05, 4.69) is 12.6 Å². The van der Waals surface area contributed by atoms with Crippen molar-refractivity contribution < 1.29 is 10.2 Å². The van der Waals surface area contributed by atoms with Gasteiger partial charge in [-0.1, -0.05) is 0 Å². The van der Waals surface area contributed by atoms with Crippen molar-refractivity contribution in [2.45, 2.75) is 11.5 Å². The van der Waals surface area contributed by atoms with Crippen LogP contribution in [0.2, 0.25) is 0 Å². The fourth-order valence-electron chi connectivity index (χ4n) is 1.29. The second-order valence-electron chi connectivity index (χ2n) is 2.72. The lowest BCUT2D eigenvalue weighted by atomic mass is 10.1. The van der Waals surface area contributed by atoms with E-state index in [0.717, 1.165) is 15.0 Å². The quantitative estimate of drug-likeness (QED) is 0.635. The van der Waals surface area contributed by atoms with Crippen LogP contribution < -0.4 is 0 Å². The second kappa shape index (κ2) is 3.21. The number of phenols is 1. The van der Waals surface area contributed by atoms with Crippen LogP contribution in [0, 0.1) is 0 Å². The molecule has 1 heterocycles. The Hall–Kier alpha value is -0.710. The first-order valence-electron chi connectivity index (χ1n) is 3.76. The molecule has 0 spiro atoms. The number of rotatable bonds is 1. The summed E-state index contributed by atoms with van der Waals surface area (Å²) < 4.78 is 0.821. The number of fused-ring (bicyclic) bond motifs is 1. The van der Waals surface area contributed by atoms with Crippen LogP contribution in [0.15, 0.2) is 22.4 Å². The van der Waals surface area contributed by atoms with Gasteiger partial charge >= 0.3 is 0 Å². The molecule has 0 aliphatic carbocycles. The third kappa shape index (κ3) is 1.31. The molecule has 2 aromatic rings. The van der Waals surface area contributed by atoms with Crippen LogP contribution in [-0.4, -0.2) is 10.2 Å². The number of phenolic OH excluding ortho intramolecular Hbond substituents is 1. The van der Waals surface area contributed by atoms with Gasteiger partial charge in [-0.3, -0.25) is 0 Å². The summed E-state index contributed by atoms with van der Waals surface area (Å²) in [5.74, 6) is 0.215. The van der Waals surface area contributed by atoms with E-state index in [-0.39, 0.29) is 12.4 Å². The van der Waals surface area contributed by atoms with Gasteiger partial charge in [-0.15, -0.1) is 24.0 Å². The summed E-state index contributed by atoms with van der Waals surface area (Å²) in [6.45, 7) is -0.0990. The van der Waals surface area contributed by atoms with Crippen LogP contribution >= 0.6 is 24.0 Å². The Balaban J connectivity index is 2.85. The maximum absolute atomic E-state index is 9.56. The van der Waals surface area contributed by atoms with E-state index in [0.29, 0.717) is 5.56 Å². The van der Waals surface area contributed by atoms with Crippen LogP contribution in [0.3, 0.4) is 0 Å². The van der Waals surface area contributed by atoms with Crippen molar-refractivity contribution in [3.05, 3.63) is 23.1 Å². The van der Waals surface area contributed by atoms with Crippen molar-refractivity contribution in [2.75, 3.05) is 0 Å². The van der Waals surface area contributed by atoms with E-state index in [1.54, 1.807) is 6.07 Å². The van der Waals surface area contributed by atoms with Gasteiger partial charge in [-0.05, 0) is 23.1 Å². The number of aliphatic hydroxyl groups is 1. The maximum atomic E-state index is 9.56. The first kappa shape index (κ1) is 8.87. The van der Waals surface area contributed by atoms with Crippen molar-refractivity contribution in [1.82, 2.24) is 0 Å². The third-order valence-corrected chi connectivity index (χ3v) is 3.40. The van der Waals surface area contributed by atoms with Crippen molar-refractivity contribution >= 4 is 34.1 Å². The molecule has 1 aromatic carbocycles. The molecule has 2 rings (SSSR count). The van der Waals surface area contributed by atoms with E-state index in [9.17, 15) is 5.11 Å². The molecule has 4 heteroatoms. The smallest absolute Gasteiger partial charge is 0.133 e. The molecule has 0 atom stereocenters. The van der Waals surface area contributed by atoms with Crippen molar-refractivity contribution in [3.63, 3.8) is 0 Å². The van der Waals surface area contributed by atoms with E-state index < -0.39 is 0 Å². The average molecular weight is 212 g/mol. The molecule has 0 saturated heterocycles. The number of thiophene rings is 1. The molecule has 0 aliphatic heterocycles. The zero-order valence-electron chi connectivity index (χ0n) is 6.69. The lowest BCUT2D eigenvalue weighted by Gasteiger charge is -2.04. The van der Waals surface area contributed by atoms with Gasteiger partial charge in [0.1, 0.15) is 5.75 Å². The Labute approximate surface area is 84.9 Å². The standard InChI is InChI=1S/C9H8O2S2/c10-4-5-3-7(11)9-6(8(5)12)1-2-13-9/h1-3,10-12H,4H2. The van der Waals surface area contributed by atoms with E-state index >= 15 is 0 Å². The highest BCUT2D eigenvalue weighted by atomic mass is 32.1. The first-order chi connectivity index (χ1) is 6.24. The number of aliphatic hydroxyl groups excluding tert-OH is 1. The second-order valence-corrected chi connectivity index (χ2v) is 4.09. The van der Waals surface area contributed by atoms with E-state index in [4.69, 9.17) is 5.11 Å². The topological polar surface area (TPSA) is 40.5 Å². The van der Waals surface area contributed by atoms with Crippen molar-refractivity contribution in [1.29, 1.82) is 0 Å². The fraction of sp³-hybridized carbons (Fsp3) is 0.111. The molecule has 0 radical (unpaired) electrons. The summed E-state index contributed by atoms with van der Waals surface area (Å²) in [5.41, 5.74) is 0.659. The minimum absolute atomic E-state index is 0.0990. The molecule has 1 aromatic heterocycles. The van der Waals surface area contributed by atoms with Crippen LogP contribution in [-0.2, 0) is 6.61 Å². The monoisotopic (exact) mass is 212 g/mol. The lowest BCUT2D eigenvalue weighted by molar-refractivity contribution is 0.278. The molecule has 0 unspecified atom stereocenters. The summed E-state index contributed by atoms with van der Waals surface area (Å²) in [5, 5.41) is 21.3. The minimum Gasteiger partial charge on any atom is -0.506 e. The molecule has 0 bridgehead atoms. The van der Waals surface area contributed by atoms with Gasteiger partial charge in [-0.2, -0.15) is 0 Å². The Morgan fingerprint density at radius 3 is 2.92 bits per heavy atom. The van der Waals surface area contributed by atoms with E-state index in [1.807, 2.05) is 11.4 Å². The number of benzene rings is 1. The summed E-state index contributed by atoms with van der Waals surface area (Å²) in [6.07, 6.45) is 0. The Kier molecular flexibility index (Phi) is 2.19. The highest BCUT2D eigenvalue weighted by Gasteiger charge is 2.09.